The normalized spacial score (nSPS) is 11.5. The third-order valence-electron chi connectivity index (χ3n) is 5.12. The van der Waals surface area contributed by atoms with E-state index in [2.05, 4.69) is 27.4 Å². The summed E-state index contributed by atoms with van der Waals surface area (Å²) in [6, 6.07) is 3.47. The van der Waals surface area contributed by atoms with Crippen LogP contribution < -0.4 is 0 Å². The average molecular weight is 369 g/mol. The van der Waals surface area contributed by atoms with Gasteiger partial charge in [0.15, 0.2) is 0 Å². The smallest absolute Gasteiger partial charge is 0.319 e. The third kappa shape index (κ3) is 12.4. The van der Waals surface area contributed by atoms with Crippen molar-refractivity contribution >= 4 is 14.3 Å². The standard InChI is InChI=1S/C22H44O2Si/c1-6-9-12-15-18-25(19-16-13-10-7-2,20-17-14-11-8-3)24-22(23)21(4)5/h4,6-20H2,1-3,5H3. The highest BCUT2D eigenvalue weighted by atomic mass is 28.4. The molecule has 0 rings (SSSR count). The van der Waals surface area contributed by atoms with Gasteiger partial charge in [-0.1, -0.05) is 104 Å². The lowest BCUT2D eigenvalue weighted by Gasteiger charge is -2.32. The molecule has 0 heterocycles. The van der Waals surface area contributed by atoms with Crippen molar-refractivity contribution in [3.63, 3.8) is 0 Å². The molecular formula is C22H44O2Si. The minimum Gasteiger partial charge on any atom is -0.516 e. The van der Waals surface area contributed by atoms with Crippen molar-refractivity contribution in [1.29, 1.82) is 0 Å². The highest BCUT2D eigenvalue weighted by molar-refractivity contribution is 6.75. The van der Waals surface area contributed by atoms with Crippen LogP contribution in [0.3, 0.4) is 0 Å². The van der Waals surface area contributed by atoms with Gasteiger partial charge < -0.3 is 4.43 Å². The Morgan fingerprint density at radius 2 is 1.08 bits per heavy atom. The lowest BCUT2D eigenvalue weighted by atomic mass is 10.2. The fourth-order valence-electron chi connectivity index (χ4n) is 3.43. The highest BCUT2D eigenvalue weighted by Gasteiger charge is 2.37. The largest absolute Gasteiger partial charge is 0.516 e. The molecule has 3 heteroatoms. The van der Waals surface area contributed by atoms with Crippen LogP contribution in [0.15, 0.2) is 12.2 Å². The molecule has 0 aliphatic carbocycles. The maximum Gasteiger partial charge on any atom is 0.319 e. The Morgan fingerprint density at radius 3 is 1.36 bits per heavy atom. The van der Waals surface area contributed by atoms with Crippen molar-refractivity contribution in [2.45, 2.75) is 123 Å². The molecule has 0 aliphatic heterocycles. The van der Waals surface area contributed by atoms with E-state index < -0.39 is 8.32 Å². The van der Waals surface area contributed by atoms with Gasteiger partial charge in [-0.05, 0) is 25.1 Å². The van der Waals surface area contributed by atoms with Crippen LogP contribution in [0, 0.1) is 0 Å². The molecule has 0 N–H and O–H groups in total. The second-order valence-corrected chi connectivity index (χ2v) is 11.9. The number of hydrogen-bond acceptors (Lipinski definition) is 2. The summed E-state index contributed by atoms with van der Waals surface area (Å²) in [6.07, 6.45) is 15.2. The van der Waals surface area contributed by atoms with Gasteiger partial charge in [0.1, 0.15) is 0 Å². The summed E-state index contributed by atoms with van der Waals surface area (Å²) in [5.74, 6) is -0.131. The second-order valence-electron chi connectivity index (χ2n) is 7.78. The third-order valence-corrected chi connectivity index (χ3v) is 9.53. The zero-order valence-corrected chi connectivity index (χ0v) is 18.6. The molecule has 0 saturated carbocycles. The molecule has 0 radical (unpaired) electrons. The van der Waals surface area contributed by atoms with Crippen LogP contribution in [0.1, 0.15) is 105 Å². The van der Waals surface area contributed by atoms with Gasteiger partial charge in [0.2, 0.25) is 0 Å². The molecule has 0 aromatic rings. The maximum atomic E-state index is 12.3. The Labute approximate surface area is 158 Å². The molecule has 25 heavy (non-hydrogen) atoms. The lowest BCUT2D eigenvalue weighted by molar-refractivity contribution is -0.131. The zero-order chi connectivity index (χ0) is 19.0. The lowest BCUT2D eigenvalue weighted by Crippen LogP contribution is -2.40. The van der Waals surface area contributed by atoms with Gasteiger partial charge in [-0.25, -0.2) is 4.79 Å². The summed E-state index contributed by atoms with van der Waals surface area (Å²) in [5.41, 5.74) is 0.563. The summed E-state index contributed by atoms with van der Waals surface area (Å²) >= 11 is 0. The van der Waals surface area contributed by atoms with Crippen LogP contribution in [0.2, 0.25) is 18.1 Å². The molecule has 2 nitrogen and oxygen atoms in total. The van der Waals surface area contributed by atoms with E-state index in [1.54, 1.807) is 6.92 Å². The van der Waals surface area contributed by atoms with Crippen molar-refractivity contribution in [2.75, 3.05) is 0 Å². The van der Waals surface area contributed by atoms with Crippen LogP contribution in [-0.2, 0) is 9.22 Å². The Morgan fingerprint density at radius 1 is 0.720 bits per heavy atom. The number of unbranched alkanes of at least 4 members (excludes halogenated alkanes) is 9. The predicted molar refractivity (Wildman–Crippen MR) is 114 cm³/mol. The maximum absolute atomic E-state index is 12.3. The Kier molecular flexibility index (Phi) is 15.3. The minimum atomic E-state index is -1.98. The number of carbonyl (C=O) groups excluding carboxylic acids is 1. The van der Waals surface area contributed by atoms with Gasteiger partial charge in [0.05, 0.1) is 0 Å². The van der Waals surface area contributed by atoms with Crippen LogP contribution >= 0.6 is 0 Å². The Balaban J connectivity index is 4.92. The summed E-state index contributed by atoms with van der Waals surface area (Å²) in [4.78, 5) is 12.3. The first-order valence-electron chi connectivity index (χ1n) is 10.9. The average Bonchev–Trinajstić information content (AvgIpc) is 2.59. The van der Waals surface area contributed by atoms with Gasteiger partial charge in [-0.2, -0.15) is 0 Å². The first-order chi connectivity index (χ1) is 12.0. The van der Waals surface area contributed by atoms with Gasteiger partial charge in [-0.3, -0.25) is 0 Å². The van der Waals surface area contributed by atoms with Crippen LogP contribution in [0.4, 0.5) is 0 Å². The molecule has 0 saturated heterocycles. The van der Waals surface area contributed by atoms with Crippen molar-refractivity contribution in [2.24, 2.45) is 0 Å². The van der Waals surface area contributed by atoms with Gasteiger partial charge in [-0.15, -0.1) is 0 Å². The fourth-order valence-corrected chi connectivity index (χ4v) is 7.74. The topological polar surface area (TPSA) is 26.3 Å². The minimum absolute atomic E-state index is 0.131. The van der Waals surface area contributed by atoms with E-state index in [1.165, 1.54) is 77.0 Å². The number of carbonyl (C=O) groups is 1. The molecule has 0 bridgehead atoms. The van der Waals surface area contributed by atoms with Gasteiger partial charge >= 0.3 is 5.97 Å². The molecule has 0 fully saturated rings. The van der Waals surface area contributed by atoms with E-state index in [-0.39, 0.29) is 5.97 Å². The van der Waals surface area contributed by atoms with Crippen molar-refractivity contribution in [3.05, 3.63) is 12.2 Å². The molecule has 0 atom stereocenters. The molecule has 0 aliphatic rings. The van der Waals surface area contributed by atoms with Crippen molar-refractivity contribution in [1.82, 2.24) is 0 Å². The fraction of sp³-hybridized carbons (Fsp3) is 0.864. The highest BCUT2D eigenvalue weighted by Crippen LogP contribution is 2.31. The summed E-state index contributed by atoms with van der Waals surface area (Å²) in [5, 5.41) is 0. The second kappa shape index (κ2) is 15.7. The first-order valence-corrected chi connectivity index (χ1v) is 13.4. The molecule has 0 unspecified atom stereocenters. The van der Waals surface area contributed by atoms with Crippen LogP contribution in [-0.4, -0.2) is 14.3 Å². The number of hydrogen-bond donors (Lipinski definition) is 0. The van der Waals surface area contributed by atoms with E-state index in [4.69, 9.17) is 4.43 Å². The summed E-state index contributed by atoms with van der Waals surface area (Å²) in [7, 11) is -1.98. The molecule has 148 valence electrons. The van der Waals surface area contributed by atoms with Crippen molar-refractivity contribution < 1.29 is 9.22 Å². The van der Waals surface area contributed by atoms with Crippen molar-refractivity contribution in [3.8, 4) is 0 Å². The quantitative estimate of drug-likeness (QED) is 0.149. The van der Waals surface area contributed by atoms with Crippen LogP contribution in [0.5, 0.6) is 0 Å². The SMILES string of the molecule is C=C(C)C(=O)O[Si](CCCCCC)(CCCCCC)CCCCCC. The first kappa shape index (κ1) is 24.4. The molecule has 0 amide bonds. The van der Waals surface area contributed by atoms with Gasteiger partial charge in [0, 0.05) is 5.57 Å². The van der Waals surface area contributed by atoms with Crippen LogP contribution in [0.25, 0.3) is 0 Å². The summed E-state index contributed by atoms with van der Waals surface area (Å²) < 4.78 is 6.24. The number of rotatable bonds is 17. The Hall–Kier alpha value is -0.573. The molecule has 0 aromatic heterocycles. The van der Waals surface area contributed by atoms with E-state index in [1.807, 2.05) is 0 Å². The molecular weight excluding hydrogens is 324 g/mol. The van der Waals surface area contributed by atoms with E-state index >= 15 is 0 Å². The zero-order valence-electron chi connectivity index (χ0n) is 17.6. The molecule has 0 aromatic carbocycles. The van der Waals surface area contributed by atoms with Gasteiger partial charge in [0.25, 0.3) is 8.32 Å². The molecule has 0 spiro atoms. The van der Waals surface area contributed by atoms with E-state index in [0.29, 0.717) is 5.57 Å². The van der Waals surface area contributed by atoms with E-state index in [0.717, 1.165) is 18.1 Å². The summed E-state index contributed by atoms with van der Waals surface area (Å²) in [6.45, 7) is 12.4. The Bertz CT molecular complexity index is 321. The monoisotopic (exact) mass is 368 g/mol. The van der Waals surface area contributed by atoms with E-state index in [9.17, 15) is 4.79 Å². The predicted octanol–water partition coefficient (Wildman–Crippen LogP) is 7.79.